The van der Waals surface area contributed by atoms with Crippen molar-refractivity contribution in [3.8, 4) is 11.5 Å². The number of hydrogen-bond donors (Lipinski definition) is 1. The highest BCUT2D eigenvalue weighted by Gasteiger charge is 2.11. The van der Waals surface area contributed by atoms with Crippen LogP contribution < -0.4 is 5.43 Å². The molecule has 1 aromatic carbocycles. The molecule has 2 heterocycles. The molecule has 5 nitrogen and oxygen atoms in total. The molecule has 0 aliphatic carbocycles. The Balaban J connectivity index is 2.29. The molecule has 0 aliphatic heterocycles. The van der Waals surface area contributed by atoms with Crippen LogP contribution in [0, 0.1) is 0 Å². The molecule has 3 rings (SSSR count). The van der Waals surface area contributed by atoms with E-state index in [-0.39, 0.29) is 22.3 Å². The smallest absolute Gasteiger partial charge is 0.335 e. The lowest BCUT2D eigenvalue weighted by Crippen LogP contribution is -2.02. The van der Waals surface area contributed by atoms with E-state index in [2.05, 4.69) is 0 Å². The van der Waals surface area contributed by atoms with Gasteiger partial charge in [-0.25, -0.2) is 4.79 Å². The second-order valence-corrected chi connectivity index (χ2v) is 3.97. The summed E-state index contributed by atoms with van der Waals surface area (Å²) in [6.45, 7) is 0. The van der Waals surface area contributed by atoms with Gasteiger partial charge in [0, 0.05) is 6.07 Å². The van der Waals surface area contributed by atoms with Crippen LogP contribution in [0.1, 0.15) is 10.4 Å². The Morgan fingerprint density at radius 1 is 1.11 bits per heavy atom. The first-order chi connectivity index (χ1) is 9.15. The van der Waals surface area contributed by atoms with Crippen molar-refractivity contribution in [1.29, 1.82) is 0 Å². The standard InChI is InChI=1S/C14H8O5/c15-10-7-13(11-2-1-5-18-11)19-12-6-8(14(16)17)3-4-9(10)12/h1-7H,(H,16,17). The molecule has 0 amide bonds. The lowest BCUT2D eigenvalue weighted by Gasteiger charge is -2.01. The molecule has 0 fully saturated rings. The van der Waals surface area contributed by atoms with Crippen molar-refractivity contribution in [3.63, 3.8) is 0 Å². The largest absolute Gasteiger partial charge is 0.478 e. The SMILES string of the molecule is O=C(O)c1ccc2c(=O)cc(-c3ccco3)oc2c1. The number of rotatable bonds is 2. The molecular formula is C14H8O5. The Labute approximate surface area is 106 Å². The molecule has 0 saturated carbocycles. The summed E-state index contributed by atoms with van der Waals surface area (Å²) >= 11 is 0. The third-order valence-corrected chi connectivity index (χ3v) is 2.74. The fourth-order valence-corrected chi connectivity index (χ4v) is 1.83. The van der Waals surface area contributed by atoms with Crippen LogP contribution in [-0.4, -0.2) is 11.1 Å². The van der Waals surface area contributed by atoms with Crippen LogP contribution in [0.4, 0.5) is 0 Å². The molecule has 0 unspecified atom stereocenters. The van der Waals surface area contributed by atoms with Crippen LogP contribution in [0.25, 0.3) is 22.5 Å². The quantitative estimate of drug-likeness (QED) is 0.762. The predicted molar refractivity (Wildman–Crippen MR) is 67.1 cm³/mol. The fraction of sp³-hybridized carbons (Fsp3) is 0. The average molecular weight is 256 g/mol. The van der Waals surface area contributed by atoms with Crippen LogP contribution in [0.15, 0.2) is 56.3 Å². The first-order valence-electron chi connectivity index (χ1n) is 5.50. The van der Waals surface area contributed by atoms with Crippen molar-refractivity contribution >= 4 is 16.9 Å². The zero-order valence-corrected chi connectivity index (χ0v) is 9.62. The summed E-state index contributed by atoms with van der Waals surface area (Å²) in [4.78, 5) is 22.8. The third kappa shape index (κ3) is 1.91. The summed E-state index contributed by atoms with van der Waals surface area (Å²) in [5, 5.41) is 9.26. The van der Waals surface area contributed by atoms with E-state index in [9.17, 15) is 9.59 Å². The average Bonchev–Trinajstić information content (AvgIpc) is 2.91. The maximum Gasteiger partial charge on any atom is 0.335 e. The van der Waals surface area contributed by atoms with E-state index in [1.165, 1.54) is 30.5 Å². The zero-order chi connectivity index (χ0) is 13.4. The molecule has 19 heavy (non-hydrogen) atoms. The van der Waals surface area contributed by atoms with E-state index >= 15 is 0 Å². The molecule has 94 valence electrons. The Kier molecular flexibility index (Phi) is 2.45. The van der Waals surface area contributed by atoms with Gasteiger partial charge in [-0.15, -0.1) is 0 Å². The van der Waals surface area contributed by atoms with E-state index in [0.717, 1.165) is 0 Å². The van der Waals surface area contributed by atoms with Crippen molar-refractivity contribution in [2.75, 3.05) is 0 Å². The van der Waals surface area contributed by atoms with Crippen LogP contribution >= 0.6 is 0 Å². The summed E-state index contributed by atoms with van der Waals surface area (Å²) < 4.78 is 10.7. The van der Waals surface area contributed by atoms with Crippen molar-refractivity contribution in [2.24, 2.45) is 0 Å². The van der Waals surface area contributed by atoms with Crippen molar-refractivity contribution < 1.29 is 18.7 Å². The first-order valence-corrected chi connectivity index (χ1v) is 5.50. The van der Waals surface area contributed by atoms with E-state index in [4.69, 9.17) is 13.9 Å². The van der Waals surface area contributed by atoms with Gasteiger partial charge in [0.1, 0.15) is 5.58 Å². The Bertz CT molecular complexity index is 811. The molecule has 3 aromatic rings. The van der Waals surface area contributed by atoms with Gasteiger partial charge in [-0.05, 0) is 30.3 Å². The topological polar surface area (TPSA) is 80.6 Å². The highest BCUT2D eigenvalue weighted by Crippen LogP contribution is 2.23. The molecule has 0 radical (unpaired) electrons. The first kappa shape index (κ1) is 11.3. The Morgan fingerprint density at radius 3 is 2.63 bits per heavy atom. The van der Waals surface area contributed by atoms with E-state index < -0.39 is 5.97 Å². The highest BCUT2D eigenvalue weighted by atomic mass is 16.4. The van der Waals surface area contributed by atoms with Gasteiger partial charge in [-0.3, -0.25) is 4.79 Å². The van der Waals surface area contributed by atoms with Gasteiger partial charge in [0.2, 0.25) is 0 Å². The zero-order valence-electron chi connectivity index (χ0n) is 9.62. The minimum absolute atomic E-state index is 0.0623. The van der Waals surface area contributed by atoms with E-state index in [0.29, 0.717) is 11.1 Å². The molecule has 5 heteroatoms. The molecule has 0 saturated heterocycles. The number of benzene rings is 1. The molecule has 2 aromatic heterocycles. The van der Waals surface area contributed by atoms with Gasteiger partial charge in [-0.2, -0.15) is 0 Å². The van der Waals surface area contributed by atoms with Crippen molar-refractivity contribution in [2.45, 2.75) is 0 Å². The van der Waals surface area contributed by atoms with E-state index in [1.54, 1.807) is 12.1 Å². The van der Waals surface area contributed by atoms with Crippen molar-refractivity contribution in [3.05, 3.63) is 58.4 Å². The van der Waals surface area contributed by atoms with Gasteiger partial charge in [0.05, 0.1) is 17.2 Å². The Morgan fingerprint density at radius 2 is 1.95 bits per heavy atom. The van der Waals surface area contributed by atoms with Crippen LogP contribution in [0.3, 0.4) is 0 Å². The lowest BCUT2D eigenvalue weighted by atomic mass is 10.1. The number of carbonyl (C=O) groups is 1. The molecule has 0 aliphatic rings. The summed E-state index contributed by atoms with van der Waals surface area (Å²) in [5.41, 5.74) is 0.0376. The Hall–Kier alpha value is -2.82. The summed E-state index contributed by atoms with van der Waals surface area (Å²) in [6, 6.07) is 8.79. The second kappa shape index (κ2) is 4.13. The number of hydrogen-bond acceptors (Lipinski definition) is 4. The van der Waals surface area contributed by atoms with Gasteiger partial charge >= 0.3 is 5.97 Å². The van der Waals surface area contributed by atoms with Crippen LogP contribution in [0.2, 0.25) is 0 Å². The van der Waals surface area contributed by atoms with Gasteiger partial charge < -0.3 is 13.9 Å². The number of carboxylic acids is 1. The van der Waals surface area contributed by atoms with Crippen LogP contribution in [0.5, 0.6) is 0 Å². The monoisotopic (exact) mass is 256 g/mol. The molecule has 0 bridgehead atoms. The molecule has 1 N–H and O–H groups in total. The van der Waals surface area contributed by atoms with Gasteiger partial charge in [0.15, 0.2) is 16.9 Å². The number of aromatic carboxylic acids is 1. The van der Waals surface area contributed by atoms with Crippen molar-refractivity contribution in [1.82, 2.24) is 0 Å². The summed E-state index contributed by atoms with van der Waals surface area (Å²) in [6.07, 6.45) is 1.47. The van der Waals surface area contributed by atoms with E-state index in [1.807, 2.05) is 0 Å². The fourth-order valence-electron chi connectivity index (χ4n) is 1.83. The summed E-state index contributed by atoms with van der Waals surface area (Å²) in [5.74, 6) is -0.391. The lowest BCUT2D eigenvalue weighted by molar-refractivity contribution is 0.0697. The predicted octanol–water partition coefficient (Wildman–Crippen LogP) is 2.75. The highest BCUT2D eigenvalue weighted by molar-refractivity contribution is 5.92. The molecule has 0 spiro atoms. The second-order valence-electron chi connectivity index (χ2n) is 3.97. The molecular weight excluding hydrogens is 248 g/mol. The normalized spacial score (nSPS) is 10.7. The van der Waals surface area contributed by atoms with Gasteiger partial charge in [0.25, 0.3) is 0 Å². The number of carboxylic acid groups (broad SMARTS) is 1. The minimum Gasteiger partial charge on any atom is -0.478 e. The maximum atomic E-state index is 11.9. The summed E-state index contributed by atoms with van der Waals surface area (Å²) in [7, 11) is 0. The number of furan rings is 1. The van der Waals surface area contributed by atoms with Gasteiger partial charge in [-0.1, -0.05) is 0 Å². The van der Waals surface area contributed by atoms with Crippen LogP contribution in [-0.2, 0) is 0 Å². The minimum atomic E-state index is -1.08. The maximum absolute atomic E-state index is 11.9. The number of fused-ring (bicyclic) bond motifs is 1. The third-order valence-electron chi connectivity index (χ3n) is 2.74. The molecule has 0 atom stereocenters.